The molecule has 0 bridgehead atoms. The van der Waals surface area contributed by atoms with E-state index < -0.39 is 6.04 Å². The van der Waals surface area contributed by atoms with Crippen molar-refractivity contribution >= 4 is 34.6 Å². The van der Waals surface area contributed by atoms with E-state index in [-0.39, 0.29) is 5.91 Å². The number of anilines is 3. The molecule has 0 radical (unpaired) electrons. The average Bonchev–Trinajstić information content (AvgIpc) is 2.73. The van der Waals surface area contributed by atoms with Gasteiger partial charge in [0.1, 0.15) is 6.04 Å². The molecule has 1 heterocycles. The number of aryl methyl sites for hydroxylation is 1. The van der Waals surface area contributed by atoms with E-state index in [9.17, 15) is 4.79 Å². The van der Waals surface area contributed by atoms with Gasteiger partial charge in [-0.2, -0.15) is 0 Å². The minimum absolute atomic E-state index is 0.198. The third-order valence-electron chi connectivity index (χ3n) is 3.78. The van der Waals surface area contributed by atoms with Gasteiger partial charge in [0, 0.05) is 24.0 Å². The lowest BCUT2D eigenvalue weighted by Crippen LogP contribution is -2.19. The molecule has 1 unspecified atom stereocenters. The van der Waals surface area contributed by atoms with E-state index in [0.29, 0.717) is 5.02 Å². The smallest absolute Gasteiger partial charge is 0.245 e. The Kier molecular flexibility index (Phi) is 3.35. The molecule has 1 amide bonds. The number of benzene rings is 2. The van der Waals surface area contributed by atoms with Crippen LogP contribution in [-0.2, 0) is 4.79 Å². The number of hydrogen-bond acceptors (Lipinski definition) is 3. The normalized spacial score (nSPS) is 16.6. The predicted molar refractivity (Wildman–Crippen MR) is 86.3 cm³/mol. The summed E-state index contributed by atoms with van der Waals surface area (Å²) in [7, 11) is 1.94. The number of nitrogens with two attached hydrogens (primary N) is 1. The lowest BCUT2D eigenvalue weighted by molar-refractivity contribution is -0.116. The highest BCUT2D eigenvalue weighted by atomic mass is 35.5. The number of rotatable bonds is 2. The first kappa shape index (κ1) is 13.9. The Balaban J connectivity index is 2.02. The van der Waals surface area contributed by atoms with E-state index in [4.69, 9.17) is 17.3 Å². The number of nitrogens with one attached hydrogen (secondary N) is 1. The summed E-state index contributed by atoms with van der Waals surface area (Å²) in [5, 5.41) is 3.35. The molecule has 2 aromatic carbocycles. The van der Waals surface area contributed by atoms with Crippen LogP contribution in [0.2, 0.25) is 5.02 Å². The maximum atomic E-state index is 11.6. The fourth-order valence-corrected chi connectivity index (χ4v) is 2.76. The zero-order valence-corrected chi connectivity index (χ0v) is 12.6. The van der Waals surface area contributed by atoms with Gasteiger partial charge < -0.3 is 16.0 Å². The van der Waals surface area contributed by atoms with Gasteiger partial charge in [-0.3, -0.25) is 4.79 Å². The maximum absolute atomic E-state index is 11.6. The molecule has 0 fully saturated rings. The van der Waals surface area contributed by atoms with Gasteiger partial charge in [0.05, 0.1) is 10.7 Å². The quantitative estimate of drug-likeness (QED) is 0.894. The number of halogens is 1. The first-order chi connectivity index (χ1) is 9.97. The number of amides is 1. The Morgan fingerprint density at radius 3 is 2.57 bits per heavy atom. The van der Waals surface area contributed by atoms with Crippen molar-refractivity contribution in [3.8, 4) is 0 Å². The van der Waals surface area contributed by atoms with Gasteiger partial charge in [-0.05, 0) is 31.2 Å². The fraction of sp³-hybridized carbons (Fsp3) is 0.188. The summed E-state index contributed by atoms with van der Waals surface area (Å²) < 4.78 is 0. The van der Waals surface area contributed by atoms with Crippen molar-refractivity contribution in [2.75, 3.05) is 17.3 Å². The van der Waals surface area contributed by atoms with Crippen molar-refractivity contribution < 1.29 is 4.79 Å². The van der Waals surface area contributed by atoms with Crippen molar-refractivity contribution in [2.24, 2.45) is 5.73 Å². The van der Waals surface area contributed by atoms with Crippen LogP contribution in [0.25, 0.3) is 0 Å². The summed E-state index contributed by atoms with van der Waals surface area (Å²) in [5.74, 6) is -0.198. The second-order valence-electron chi connectivity index (χ2n) is 5.25. The zero-order valence-electron chi connectivity index (χ0n) is 11.9. The standard InChI is InChI=1S/C16H16ClN3O/c1-9-3-5-10(6-4-9)20(2)14-8-13-11(7-12(14)17)15(18)16(21)19-13/h3-8,15H,18H2,1-2H3,(H,19,21). The van der Waals surface area contributed by atoms with Crippen LogP contribution in [0.1, 0.15) is 17.2 Å². The van der Waals surface area contributed by atoms with Gasteiger partial charge in [0.15, 0.2) is 0 Å². The zero-order chi connectivity index (χ0) is 15.1. The monoisotopic (exact) mass is 301 g/mol. The molecule has 5 heteroatoms. The Hall–Kier alpha value is -2.04. The minimum atomic E-state index is -0.642. The number of hydrogen-bond donors (Lipinski definition) is 2. The van der Waals surface area contributed by atoms with Crippen LogP contribution in [0.5, 0.6) is 0 Å². The molecular weight excluding hydrogens is 286 g/mol. The van der Waals surface area contributed by atoms with Crippen molar-refractivity contribution in [3.63, 3.8) is 0 Å². The van der Waals surface area contributed by atoms with E-state index in [1.54, 1.807) is 6.07 Å². The van der Waals surface area contributed by atoms with Crippen LogP contribution in [0.15, 0.2) is 36.4 Å². The summed E-state index contributed by atoms with van der Waals surface area (Å²) in [6.07, 6.45) is 0. The van der Waals surface area contributed by atoms with Gasteiger partial charge in [-0.1, -0.05) is 29.3 Å². The first-order valence-corrected chi connectivity index (χ1v) is 7.05. The first-order valence-electron chi connectivity index (χ1n) is 6.67. The second-order valence-corrected chi connectivity index (χ2v) is 5.66. The van der Waals surface area contributed by atoms with Gasteiger partial charge in [0.25, 0.3) is 0 Å². The largest absolute Gasteiger partial charge is 0.343 e. The average molecular weight is 302 g/mol. The van der Waals surface area contributed by atoms with Crippen molar-refractivity contribution in [1.82, 2.24) is 0 Å². The predicted octanol–water partition coefficient (Wildman–Crippen LogP) is 3.37. The highest BCUT2D eigenvalue weighted by Gasteiger charge is 2.28. The summed E-state index contributed by atoms with van der Waals surface area (Å²) in [4.78, 5) is 13.6. The molecule has 0 spiro atoms. The van der Waals surface area contributed by atoms with Crippen molar-refractivity contribution in [1.29, 1.82) is 0 Å². The number of nitrogens with zero attached hydrogens (tertiary/aromatic N) is 1. The molecule has 4 nitrogen and oxygen atoms in total. The second kappa shape index (κ2) is 5.06. The Labute approximate surface area is 128 Å². The molecule has 0 aromatic heterocycles. The van der Waals surface area contributed by atoms with Crippen molar-refractivity contribution in [3.05, 3.63) is 52.5 Å². The van der Waals surface area contributed by atoms with Crippen LogP contribution in [0.4, 0.5) is 17.1 Å². The molecular formula is C16H16ClN3O. The van der Waals surface area contributed by atoms with Gasteiger partial charge in [0.2, 0.25) is 5.91 Å². The highest BCUT2D eigenvalue weighted by molar-refractivity contribution is 6.34. The van der Waals surface area contributed by atoms with Gasteiger partial charge >= 0.3 is 0 Å². The van der Waals surface area contributed by atoms with Crippen LogP contribution in [-0.4, -0.2) is 13.0 Å². The van der Waals surface area contributed by atoms with E-state index in [0.717, 1.165) is 22.6 Å². The maximum Gasteiger partial charge on any atom is 0.245 e. The Morgan fingerprint density at radius 1 is 1.24 bits per heavy atom. The molecule has 3 rings (SSSR count). The van der Waals surface area contributed by atoms with E-state index in [2.05, 4.69) is 5.32 Å². The molecule has 3 N–H and O–H groups in total. The molecule has 108 valence electrons. The lowest BCUT2D eigenvalue weighted by Gasteiger charge is -2.22. The summed E-state index contributed by atoms with van der Waals surface area (Å²) >= 11 is 6.36. The molecule has 2 aromatic rings. The molecule has 1 atom stereocenters. The topological polar surface area (TPSA) is 58.4 Å². The minimum Gasteiger partial charge on any atom is -0.343 e. The summed E-state index contributed by atoms with van der Waals surface area (Å²) in [5.41, 5.74) is 10.3. The molecule has 21 heavy (non-hydrogen) atoms. The van der Waals surface area contributed by atoms with Gasteiger partial charge in [-0.25, -0.2) is 0 Å². The van der Waals surface area contributed by atoms with E-state index >= 15 is 0 Å². The van der Waals surface area contributed by atoms with Crippen LogP contribution in [0.3, 0.4) is 0 Å². The molecule has 1 aliphatic rings. The third-order valence-corrected chi connectivity index (χ3v) is 4.08. The summed E-state index contributed by atoms with van der Waals surface area (Å²) in [6, 6.07) is 11.1. The number of carbonyl (C=O) groups excluding carboxylic acids is 1. The Bertz CT molecular complexity index is 712. The summed E-state index contributed by atoms with van der Waals surface area (Å²) in [6.45, 7) is 2.04. The number of fused-ring (bicyclic) bond motifs is 1. The van der Waals surface area contributed by atoms with Crippen LogP contribution >= 0.6 is 11.6 Å². The molecule has 0 saturated heterocycles. The van der Waals surface area contributed by atoms with E-state index in [1.165, 1.54) is 5.56 Å². The van der Waals surface area contributed by atoms with Crippen molar-refractivity contribution in [2.45, 2.75) is 13.0 Å². The van der Waals surface area contributed by atoms with Crippen LogP contribution in [0, 0.1) is 6.92 Å². The third kappa shape index (κ3) is 2.37. The molecule has 1 aliphatic heterocycles. The van der Waals surface area contributed by atoms with Gasteiger partial charge in [-0.15, -0.1) is 0 Å². The van der Waals surface area contributed by atoms with Crippen LogP contribution < -0.4 is 16.0 Å². The SMILES string of the molecule is Cc1ccc(N(C)c2cc3c(cc2Cl)C(N)C(=O)N3)cc1. The van der Waals surface area contributed by atoms with E-state index in [1.807, 2.05) is 49.2 Å². The number of carbonyl (C=O) groups is 1. The lowest BCUT2D eigenvalue weighted by atomic mass is 10.1. The highest BCUT2D eigenvalue weighted by Crippen LogP contribution is 2.39. The Morgan fingerprint density at radius 2 is 1.90 bits per heavy atom. The molecule has 0 aliphatic carbocycles. The fourth-order valence-electron chi connectivity index (χ4n) is 2.46. The molecule has 0 saturated carbocycles.